The third-order valence-electron chi connectivity index (χ3n) is 3.49. The average molecular weight is 257 g/mol. The molecule has 3 rings (SSSR count). The molecule has 0 saturated carbocycles. The van der Waals surface area contributed by atoms with E-state index in [1.807, 2.05) is 12.1 Å². The van der Waals surface area contributed by atoms with E-state index in [0.717, 1.165) is 19.3 Å². The number of hydrogen-bond acceptors (Lipinski definition) is 3. The maximum Gasteiger partial charge on any atom is 0.346 e. The van der Waals surface area contributed by atoms with Gasteiger partial charge in [-0.3, -0.25) is 9.78 Å². The van der Waals surface area contributed by atoms with E-state index in [1.165, 1.54) is 28.1 Å². The summed E-state index contributed by atoms with van der Waals surface area (Å²) in [4.78, 5) is 24.9. The summed E-state index contributed by atoms with van der Waals surface area (Å²) in [5.41, 5.74) is 4.90. The molecule has 0 amide bonds. The first-order chi connectivity index (χ1) is 9.24. The van der Waals surface area contributed by atoms with Crippen LogP contribution in [-0.2, 0) is 6.42 Å². The van der Waals surface area contributed by atoms with Crippen molar-refractivity contribution in [1.29, 1.82) is 0 Å². The number of benzene rings is 1. The lowest BCUT2D eigenvalue weighted by Crippen LogP contribution is -2.37. The van der Waals surface area contributed by atoms with Crippen molar-refractivity contribution in [3.63, 3.8) is 0 Å². The maximum atomic E-state index is 11.7. The Balaban J connectivity index is 1.93. The molecule has 2 N–H and O–H groups in total. The molecule has 1 unspecified atom stereocenters. The number of aromatic nitrogens is 2. The third-order valence-corrected chi connectivity index (χ3v) is 3.49. The van der Waals surface area contributed by atoms with Crippen molar-refractivity contribution >= 4 is 0 Å². The number of aryl methyl sites for hydroxylation is 1. The van der Waals surface area contributed by atoms with Crippen molar-refractivity contribution in [2.75, 3.05) is 5.43 Å². The summed E-state index contributed by atoms with van der Waals surface area (Å²) in [6, 6.07) is 9.70. The van der Waals surface area contributed by atoms with Gasteiger partial charge in [-0.05, 0) is 30.4 Å². The summed E-state index contributed by atoms with van der Waals surface area (Å²) in [6.07, 6.45) is 4.61. The molecule has 1 aliphatic carbocycles. The Bertz CT molecular complexity index is 702. The molecule has 1 aromatic carbocycles. The normalized spacial score (nSPS) is 17.8. The van der Waals surface area contributed by atoms with Crippen molar-refractivity contribution in [1.82, 2.24) is 9.66 Å². The van der Waals surface area contributed by atoms with Gasteiger partial charge in [-0.1, -0.05) is 24.3 Å². The molecule has 1 heterocycles. The van der Waals surface area contributed by atoms with Gasteiger partial charge in [-0.25, -0.2) is 9.47 Å². The van der Waals surface area contributed by atoms with Crippen LogP contribution in [0.25, 0.3) is 0 Å². The van der Waals surface area contributed by atoms with E-state index in [0.29, 0.717) is 0 Å². The van der Waals surface area contributed by atoms with Gasteiger partial charge < -0.3 is 5.43 Å². The summed E-state index contributed by atoms with van der Waals surface area (Å²) in [6.45, 7) is 0. The minimum atomic E-state index is -0.435. The second-order valence-corrected chi connectivity index (χ2v) is 4.75. The van der Waals surface area contributed by atoms with Crippen LogP contribution < -0.4 is 16.7 Å². The first-order valence-corrected chi connectivity index (χ1v) is 6.40. The predicted molar refractivity (Wildman–Crippen MR) is 72.8 cm³/mol. The number of rotatable bonds is 2. The van der Waals surface area contributed by atoms with Crippen LogP contribution in [0.5, 0.6) is 0 Å². The standard InChI is InChI=1S/C14H15N3O2/c18-13-8-9-17(14(19)15-13)16-12-7-3-5-10-4-1-2-6-11(10)12/h1-2,4,6,8-9,12,16H,3,5,7H2,(H,15,18,19). The minimum absolute atomic E-state index is 0.105. The topological polar surface area (TPSA) is 66.9 Å². The van der Waals surface area contributed by atoms with Gasteiger partial charge in [0.25, 0.3) is 5.56 Å². The van der Waals surface area contributed by atoms with Crippen molar-refractivity contribution in [2.24, 2.45) is 0 Å². The van der Waals surface area contributed by atoms with Crippen molar-refractivity contribution in [3.8, 4) is 0 Å². The Hall–Kier alpha value is -2.30. The summed E-state index contributed by atoms with van der Waals surface area (Å²) >= 11 is 0. The van der Waals surface area contributed by atoms with Gasteiger partial charge in [-0.15, -0.1) is 0 Å². The highest BCUT2D eigenvalue weighted by molar-refractivity contribution is 5.33. The molecule has 1 aromatic heterocycles. The van der Waals surface area contributed by atoms with Crippen LogP contribution in [0.1, 0.15) is 30.0 Å². The molecule has 98 valence electrons. The molecule has 1 atom stereocenters. The molecular weight excluding hydrogens is 242 g/mol. The number of aromatic amines is 1. The van der Waals surface area contributed by atoms with E-state index in [2.05, 4.69) is 22.5 Å². The van der Waals surface area contributed by atoms with E-state index < -0.39 is 5.69 Å². The molecule has 1 aliphatic rings. The van der Waals surface area contributed by atoms with E-state index >= 15 is 0 Å². The fraction of sp³-hybridized carbons (Fsp3) is 0.286. The van der Waals surface area contributed by atoms with Gasteiger partial charge in [0.15, 0.2) is 0 Å². The summed E-state index contributed by atoms with van der Waals surface area (Å²) in [5, 5.41) is 0. The van der Waals surface area contributed by atoms with Crippen LogP contribution in [0.4, 0.5) is 0 Å². The molecule has 2 aromatic rings. The van der Waals surface area contributed by atoms with Gasteiger partial charge in [0.05, 0.1) is 6.04 Å². The molecule has 0 aliphatic heterocycles. The van der Waals surface area contributed by atoms with Crippen LogP contribution in [0.2, 0.25) is 0 Å². The lowest BCUT2D eigenvalue weighted by atomic mass is 9.88. The molecule has 0 fully saturated rings. The largest absolute Gasteiger partial charge is 0.346 e. The third kappa shape index (κ3) is 2.31. The number of hydrogen-bond donors (Lipinski definition) is 2. The van der Waals surface area contributed by atoms with Crippen molar-refractivity contribution < 1.29 is 0 Å². The Kier molecular flexibility index (Phi) is 2.95. The van der Waals surface area contributed by atoms with Gasteiger partial charge in [0, 0.05) is 12.3 Å². The predicted octanol–water partition coefficient (Wildman–Crippen LogP) is 1.16. The second-order valence-electron chi connectivity index (χ2n) is 4.75. The first kappa shape index (κ1) is 11.8. The fourth-order valence-electron chi connectivity index (χ4n) is 2.57. The molecular formula is C14H15N3O2. The maximum absolute atomic E-state index is 11.7. The zero-order chi connectivity index (χ0) is 13.2. The highest BCUT2D eigenvalue weighted by Crippen LogP contribution is 2.29. The lowest BCUT2D eigenvalue weighted by Gasteiger charge is -2.27. The van der Waals surface area contributed by atoms with Crippen molar-refractivity contribution in [3.05, 3.63) is 68.5 Å². The Labute approximate surface area is 109 Å². The summed E-state index contributed by atoms with van der Waals surface area (Å²) < 4.78 is 1.34. The highest BCUT2D eigenvalue weighted by Gasteiger charge is 2.19. The number of nitrogens with zero attached hydrogens (tertiary/aromatic N) is 1. The van der Waals surface area contributed by atoms with Crippen LogP contribution in [-0.4, -0.2) is 9.66 Å². The van der Waals surface area contributed by atoms with E-state index in [4.69, 9.17) is 0 Å². The number of fused-ring (bicyclic) bond motifs is 1. The lowest BCUT2D eigenvalue weighted by molar-refractivity contribution is 0.545. The molecule has 0 spiro atoms. The number of nitrogens with one attached hydrogen (secondary N) is 2. The Morgan fingerprint density at radius 1 is 1.21 bits per heavy atom. The molecule has 0 bridgehead atoms. The molecule has 5 heteroatoms. The monoisotopic (exact) mass is 257 g/mol. The Morgan fingerprint density at radius 3 is 2.89 bits per heavy atom. The zero-order valence-corrected chi connectivity index (χ0v) is 10.4. The summed E-state index contributed by atoms with van der Waals surface area (Å²) in [5.74, 6) is 0. The van der Waals surface area contributed by atoms with E-state index in [-0.39, 0.29) is 11.6 Å². The molecule has 19 heavy (non-hydrogen) atoms. The average Bonchev–Trinajstić information content (AvgIpc) is 2.42. The highest BCUT2D eigenvalue weighted by atomic mass is 16.2. The smallest absolute Gasteiger partial charge is 0.315 e. The van der Waals surface area contributed by atoms with E-state index in [9.17, 15) is 9.59 Å². The fourth-order valence-corrected chi connectivity index (χ4v) is 2.57. The molecule has 0 saturated heterocycles. The van der Waals surface area contributed by atoms with Crippen LogP contribution in [0.3, 0.4) is 0 Å². The quantitative estimate of drug-likeness (QED) is 0.848. The minimum Gasteiger partial charge on any atom is -0.315 e. The van der Waals surface area contributed by atoms with Gasteiger partial charge >= 0.3 is 5.69 Å². The summed E-state index contributed by atoms with van der Waals surface area (Å²) in [7, 11) is 0. The van der Waals surface area contributed by atoms with Crippen molar-refractivity contribution in [2.45, 2.75) is 25.3 Å². The first-order valence-electron chi connectivity index (χ1n) is 6.40. The second kappa shape index (κ2) is 4.76. The Morgan fingerprint density at radius 2 is 2.05 bits per heavy atom. The van der Waals surface area contributed by atoms with Crippen LogP contribution in [0, 0.1) is 0 Å². The van der Waals surface area contributed by atoms with Gasteiger partial charge in [0.2, 0.25) is 0 Å². The zero-order valence-electron chi connectivity index (χ0n) is 10.4. The van der Waals surface area contributed by atoms with E-state index in [1.54, 1.807) is 0 Å². The molecule has 5 nitrogen and oxygen atoms in total. The SMILES string of the molecule is O=c1ccn(NC2CCCc3ccccc32)c(=O)[nH]1. The van der Waals surface area contributed by atoms with Gasteiger partial charge in [0.1, 0.15) is 0 Å². The van der Waals surface area contributed by atoms with Crippen LogP contribution >= 0.6 is 0 Å². The van der Waals surface area contributed by atoms with Crippen LogP contribution in [0.15, 0.2) is 46.1 Å². The molecule has 0 radical (unpaired) electrons. The van der Waals surface area contributed by atoms with Gasteiger partial charge in [-0.2, -0.15) is 0 Å². The number of H-pyrrole nitrogens is 1.